The van der Waals surface area contributed by atoms with E-state index in [0.717, 1.165) is 0 Å². The van der Waals surface area contributed by atoms with Crippen LogP contribution in [0.3, 0.4) is 0 Å². The molecule has 8 heteroatoms. The number of amides is 2. The molecule has 0 radical (unpaired) electrons. The van der Waals surface area contributed by atoms with Crippen molar-refractivity contribution in [1.29, 1.82) is 0 Å². The molecule has 2 heterocycles. The number of carbonyl (C=O) groups excluding carboxylic acids is 2. The van der Waals surface area contributed by atoms with Gasteiger partial charge in [-0.2, -0.15) is 5.10 Å². The molecule has 3 N–H and O–H groups in total. The Hall–Kier alpha value is -1.93. The lowest BCUT2D eigenvalue weighted by Crippen LogP contribution is -2.49. The fraction of sp³-hybridized carbons (Fsp3) is 0.667. The lowest BCUT2D eigenvalue weighted by molar-refractivity contribution is -0.144. The van der Waals surface area contributed by atoms with Gasteiger partial charge >= 0.3 is 0 Å². The number of hydrogen-bond donors (Lipinski definition) is 2. The fourth-order valence-corrected chi connectivity index (χ4v) is 2.43. The molecule has 23 heavy (non-hydrogen) atoms. The Morgan fingerprint density at radius 2 is 2.00 bits per heavy atom. The standard InChI is InChI=1S/C15H25N5O3/c1-10-6-19(7-11(2)23-10)13(21)9-20-8-12(5-17-20)18-14(22)15(3,4)16/h5,8,10-11H,6-7,9,16H2,1-4H3,(H,18,22). The number of hydrogen-bond acceptors (Lipinski definition) is 5. The summed E-state index contributed by atoms with van der Waals surface area (Å²) in [5.74, 6) is -0.327. The van der Waals surface area contributed by atoms with Gasteiger partial charge in [0.15, 0.2) is 0 Å². The average molecular weight is 323 g/mol. The second-order valence-corrected chi connectivity index (χ2v) is 6.66. The van der Waals surface area contributed by atoms with E-state index in [1.165, 1.54) is 10.9 Å². The molecule has 1 aromatic rings. The molecular weight excluding hydrogens is 298 g/mol. The van der Waals surface area contributed by atoms with Crippen molar-refractivity contribution in [2.24, 2.45) is 5.73 Å². The van der Waals surface area contributed by atoms with Gasteiger partial charge < -0.3 is 20.7 Å². The van der Waals surface area contributed by atoms with Crippen molar-refractivity contribution in [1.82, 2.24) is 14.7 Å². The van der Waals surface area contributed by atoms with Gasteiger partial charge in [0.2, 0.25) is 11.8 Å². The summed E-state index contributed by atoms with van der Waals surface area (Å²) in [7, 11) is 0. The normalized spacial score (nSPS) is 22.0. The number of morpholine rings is 1. The SMILES string of the molecule is CC1CN(C(=O)Cn2cc(NC(=O)C(C)(C)N)cn2)CC(C)O1. The first kappa shape index (κ1) is 17.4. The van der Waals surface area contributed by atoms with E-state index in [2.05, 4.69) is 10.4 Å². The highest BCUT2D eigenvalue weighted by atomic mass is 16.5. The molecule has 0 bridgehead atoms. The maximum Gasteiger partial charge on any atom is 0.244 e. The van der Waals surface area contributed by atoms with E-state index >= 15 is 0 Å². The Kier molecular flexibility index (Phi) is 5.06. The predicted octanol–water partition coefficient (Wildman–Crippen LogP) is 0.195. The van der Waals surface area contributed by atoms with Gasteiger partial charge in [-0.15, -0.1) is 0 Å². The van der Waals surface area contributed by atoms with Crippen LogP contribution in [0.25, 0.3) is 0 Å². The van der Waals surface area contributed by atoms with Crippen LogP contribution in [0.1, 0.15) is 27.7 Å². The molecule has 128 valence electrons. The van der Waals surface area contributed by atoms with E-state index in [9.17, 15) is 9.59 Å². The van der Waals surface area contributed by atoms with Gasteiger partial charge in [-0.3, -0.25) is 14.3 Å². The quantitative estimate of drug-likeness (QED) is 0.824. The summed E-state index contributed by atoms with van der Waals surface area (Å²) in [6.45, 7) is 8.43. The Morgan fingerprint density at radius 1 is 1.39 bits per heavy atom. The van der Waals surface area contributed by atoms with Gasteiger partial charge in [-0.25, -0.2) is 0 Å². The van der Waals surface area contributed by atoms with Crippen molar-refractivity contribution in [2.45, 2.75) is 52.0 Å². The van der Waals surface area contributed by atoms with Crippen molar-refractivity contribution in [3.05, 3.63) is 12.4 Å². The summed E-state index contributed by atoms with van der Waals surface area (Å²) in [6, 6.07) is 0. The minimum atomic E-state index is -0.974. The van der Waals surface area contributed by atoms with Crippen molar-refractivity contribution < 1.29 is 14.3 Å². The lowest BCUT2D eigenvalue weighted by Gasteiger charge is -2.35. The molecule has 0 saturated carbocycles. The van der Waals surface area contributed by atoms with E-state index in [1.807, 2.05) is 13.8 Å². The number of ether oxygens (including phenoxy) is 1. The first-order valence-corrected chi connectivity index (χ1v) is 7.71. The summed E-state index contributed by atoms with van der Waals surface area (Å²) in [5, 5.41) is 6.78. The van der Waals surface area contributed by atoms with Crippen LogP contribution in [0.4, 0.5) is 5.69 Å². The van der Waals surface area contributed by atoms with Gasteiger partial charge in [0, 0.05) is 19.3 Å². The molecule has 1 aromatic heterocycles. The maximum absolute atomic E-state index is 12.4. The molecule has 2 atom stereocenters. The highest BCUT2D eigenvalue weighted by Crippen LogP contribution is 2.12. The number of nitrogens with two attached hydrogens (primary N) is 1. The van der Waals surface area contributed by atoms with E-state index in [0.29, 0.717) is 18.8 Å². The van der Waals surface area contributed by atoms with Crippen molar-refractivity contribution in [2.75, 3.05) is 18.4 Å². The molecule has 0 spiro atoms. The summed E-state index contributed by atoms with van der Waals surface area (Å²) < 4.78 is 7.13. The maximum atomic E-state index is 12.4. The summed E-state index contributed by atoms with van der Waals surface area (Å²) in [6.07, 6.45) is 3.18. The molecule has 2 amide bonds. The average Bonchev–Trinajstić information content (AvgIpc) is 2.83. The van der Waals surface area contributed by atoms with Crippen LogP contribution in [0.15, 0.2) is 12.4 Å². The molecule has 2 unspecified atom stereocenters. The molecule has 1 aliphatic heterocycles. The Labute approximate surface area is 135 Å². The third kappa shape index (κ3) is 4.77. The zero-order valence-corrected chi connectivity index (χ0v) is 14.1. The molecule has 1 fully saturated rings. The number of anilines is 1. The zero-order chi connectivity index (χ0) is 17.2. The second-order valence-electron chi connectivity index (χ2n) is 6.66. The highest BCUT2D eigenvalue weighted by Gasteiger charge is 2.26. The Bertz CT molecular complexity index is 568. The van der Waals surface area contributed by atoms with E-state index in [1.54, 1.807) is 24.9 Å². The Morgan fingerprint density at radius 3 is 2.57 bits per heavy atom. The first-order valence-electron chi connectivity index (χ1n) is 7.71. The third-order valence-corrected chi connectivity index (χ3v) is 3.55. The number of nitrogens with zero attached hydrogens (tertiary/aromatic N) is 3. The molecule has 1 saturated heterocycles. The molecule has 0 aromatic carbocycles. The summed E-state index contributed by atoms with van der Waals surface area (Å²) in [4.78, 5) is 26.0. The van der Waals surface area contributed by atoms with Crippen LogP contribution in [-0.2, 0) is 20.9 Å². The van der Waals surface area contributed by atoms with Crippen molar-refractivity contribution in [3.8, 4) is 0 Å². The number of aromatic nitrogens is 2. The summed E-state index contributed by atoms with van der Waals surface area (Å²) >= 11 is 0. The second kappa shape index (κ2) is 6.67. The van der Waals surface area contributed by atoms with Crippen molar-refractivity contribution >= 4 is 17.5 Å². The van der Waals surface area contributed by atoms with Crippen LogP contribution < -0.4 is 11.1 Å². The molecule has 8 nitrogen and oxygen atoms in total. The van der Waals surface area contributed by atoms with Crippen LogP contribution in [0.5, 0.6) is 0 Å². The van der Waals surface area contributed by atoms with Gasteiger partial charge in [0.1, 0.15) is 6.54 Å². The first-order chi connectivity index (χ1) is 10.6. The van der Waals surface area contributed by atoms with E-state index < -0.39 is 5.54 Å². The summed E-state index contributed by atoms with van der Waals surface area (Å²) in [5.41, 5.74) is 5.27. The topological polar surface area (TPSA) is 102 Å². The fourth-order valence-electron chi connectivity index (χ4n) is 2.43. The van der Waals surface area contributed by atoms with Crippen molar-refractivity contribution in [3.63, 3.8) is 0 Å². The van der Waals surface area contributed by atoms with Gasteiger partial charge in [0.05, 0.1) is 29.6 Å². The number of rotatable bonds is 4. The van der Waals surface area contributed by atoms with Crippen LogP contribution in [0, 0.1) is 0 Å². The van der Waals surface area contributed by atoms with Crippen LogP contribution in [0.2, 0.25) is 0 Å². The molecule has 2 rings (SSSR count). The molecule has 0 aliphatic carbocycles. The van der Waals surface area contributed by atoms with E-state index in [4.69, 9.17) is 10.5 Å². The minimum absolute atomic E-state index is 0.0212. The third-order valence-electron chi connectivity index (χ3n) is 3.55. The Balaban J connectivity index is 1.93. The zero-order valence-electron chi connectivity index (χ0n) is 14.1. The highest BCUT2D eigenvalue weighted by molar-refractivity contribution is 5.97. The van der Waals surface area contributed by atoms with Crippen LogP contribution in [-0.4, -0.2) is 57.3 Å². The molecule has 1 aliphatic rings. The molecular formula is C15H25N5O3. The lowest BCUT2D eigenvalue weighted by atomic mass is 10.1. The van der Waals surface area contributed by atoms with Crippen LogP contribution >= 0.6 is 0 Å². The van der Waals surface area contributed by atoms with Gasteiger partial charge in [0.25, 0.3) is 0 Å². The van der Waals surface area contributed by atoms with Gasteiger partial charge in [-0.05, 0) is 27.7 Å². The smallest absolute Gasteiger partial charge is 0.244 e. The largest absolute Gasteiger partial charge is 0.372 e. The monoisotopic (exact) mass is 323 g/mol. The number of nitrogens with one attached hydrogen (secondary N) is 1. The predicted molar refractivity (Wildman–Crippen MR) is 85.7 cm³/mol. The number of carbonyl (C=O) groups is 2. The van der Waals surface area contributed by atoms with E-state index in [-0.39, 0.29) is 30.6 Å². The van der Waals surface area contributed by atoms with Gasteiger partial charge in [-0.1, -0.05) is 0 Å². The minimum Gasteiger partial charge on any atom is -0.372 e.